The Balaban J connectivity index is 1.85. The summed E-state index contributed by atoms with van der Waals surface area (Å²) in [5.41, 5.74) is 1.77. The first-order chi connectivity index (χ1) is 12.1. The number of hydrogen-bond donors (Lipinski definition) is 1. The third-order valence-electron chi connectivity index (χ3n) is 4.13. The Bertz CT molecular complexity index is 804. The van der Waals surface area contributed by atoms with E-state index in [2.05, 4.69) is 5.32 Å². The SMILES string of the molecule is COc1cccc(C(=O)Nc2ccc(OC)c(N3CCCC3=O)c2)c1. The maximum atomic E-state index is 12.5. The monoisotopic (exact) mass is 340 g/mol. The molecule has 1 saturated heterocycles. The summed E-state index contributed by atoms with van der Waals surface area (Å²) in [6, 6.07) is 12.2. The highest BCUT2D eigenvalue weighted by Gasteiger charge is 2.25. The van der Waals surface area contributed by atoms with Crippen molar-refractivity contribution in [1.82, 2.24) is 0 Å². The second-order valence-electron chi connectivity index (χ2n) is 5.72. The van der Waals surface area contributed by atoms with Crippen molar-refractivity contribution >= 4 is 23.2 Å². The van der Waals surface area contributed by atoms with Crippen LogP contribution in [-0.4, -0.2) is 32.6 Å². The molecule has 2 amide bonds. The Kier molecular flexibility index (Phi) is 4.88. The summed E-state index contributed by atoms with van der Waals surface area (Å²) in [6.45, 7) is 0.655. The quantitative estimate of drug-likeness (QED) is 0.908. The molecule has 1 heterocycles. The van der Waals surface area contributed by atoms with E-state index in [0.29, 0.717) is 41.4 Å². The van der Waals surface area contributed by atoms with Crippen LogP contribution in [0.3, 0.4) is 0 Å². The smallest absolute Gasteiger partial charge is 0.255 e. The highest BCUT2D eigenvalue weighted by molar-refractivity contribution is 6.05. The first kappa shape index (κ1) is 16.8. The molecule has 0 atom stereocenters. The second kappa shape index (κ2) is 7.25. The molecule has 1 aliphatic heterocycles. The van der Waals surface area contributed by atoms with Gasteiger partial charge >= 0.3 is 0 Å². The minimum atomic E-state index is -0.247. The van der Waals surface area contributed by atoms with Gasteiger partial charge in [0.25, 0.3) is 5.91 Å². The first-order valence-electron chi connectivity index (χ1n) is 8.06. The van der Waals surface area contributed by atoms with E-state index in [9.17, 15) is 9.59 Å². The van der Waals surface area contributed by atoms with E-state index < -0.39 is 0 Å². The zero-order valence-corrected chi connectivity index (χ0v) is 14.2. The standard InChI is InChI=1S/C19H20N2O4/c1-24-15-6-3-5-13(11-15)19(23)20-14-8-9-17(25-2)16(12-14)21-10-4-7-18(21)22/h3,5-6,8-9,11-12H,4,7,10H2,1-2H3,(H,20,23). The van der Waals surface area contributed by atoms with Crippen molar-refractivity contribution in [2.24, 2.45) is 0 Å². The lowest BCUT2D eigenvalue weighted by Gasteiger charge is -2.20. The molecule has 1 fully saturated rings. The Morgan fingerprint density at radius 2 is 1.96 bits per heavy atom. The lowest BCUT2D eigenvalue weighted by atomic mass is 10.2. The number of carbonyl (C=O) groups is 2. The molecule has 2 aromatic rings. The van der Waals surface area contributed by atoms with Gasteiger partial charge in [-0.1, -0.05) is 6.07 Å². The molecular weight excluding hydrogens is 320 g/mol. The molecule has 6 nitrogen and oxygen atoms in total. The number of rotatable bonds is 5. The average molecular weight is 340 g/mol. The highest BCUT2D eigenvalue weighted by atomic mass is 16.5. The maximum Gasteiger partial charge on any atom is 0.255 e. The fraction of sp³-hybridized carbons (Fsp3) is 0.263. The number of benzene rings is 2. The van der Waals surface area contributed by atoms with E-state index in [0.717, 1.165) is 6.42 Å². The number of ether oxygens (including phenoxy) is 2. The molecule has 0 radical (unpaired) electrons. The minimum Gasteiger partial charge on any atom is -0.497 e. The number of anilines is 2. The van der Waals surface area contributed by atoms with Crippen LogP contribution in [-0.2, 0) is 4.79 Å². The van der Waals surface area contributed by atoms with Crippen LogP contribution in [0.25, 0.3) is 0 Å². The summed E-state index contributed by atoms with van der Waals surface area (Å²) in [6.07, 6.45) is 1.35. The topological polar surface area (TPSA) is 67.9 Å². The molecule has 130 valence electrons. The van der Waals surface area contributed by atoms with E-state index in [1.54, 1.807) is 61.6 Å². The van der Waals surface area contributed by atoms with Crippen LogP contribution >= 0.6 is 0 Å². The van der Waals surface area contributed by atoms with Crippen molar-refractivity contribution in [3.63, 3.8) is 0 Å². The van der Waals surface area contributed by atoms with Gasteiger partial charge in [0.15, 0.2) is 0 Å². The lowest BCUT2D eigenvalue weighted by Crippen LogP contribution is -2.24. The lowest BCUT2D eigenvalue weighted by molar-refractivity contribution is -0.117. The van der Waals surface area contributed by atoms with Crippen LogP contribution in [0.15, 0.2) is 42.5 Å². The molecule has 0 bridgehead atoms. The average Bonchev–Trinajstić information content (AvgIpc) is 3.07. The predicted octanol–water partition coefficient (Wildman–Crippen LogP) is 3.08. The van der Waals surface area contributed by atoms with E-state index >= 15 is 0 Å². The molecule has 0 spiro atoms. The van der Waals surface area contributed by atoms with Crippen LogP contribution in [0.4, 0.5) is 11.4 Å². The van der Waals surface area contributed by atoms with Crippen molar-refractivity contribution < 1.29 is 19.1 Å². The molecule has 0 aliphatic carbocycles. The zero-order chi connectivity index (χ0) is 17.8. The third-order valence-corrected chi connectivity index (χ3v) is 4.13. The van der Waals surface area contributed by atoms with Crippen LogP contribution < -0.4 is 19.7 Å². The molecule has 2 aromatic carbocycles. The number of methoxy groups -OCH3 is 2. The van der Waals surface area contributed by atoms with Gasteiger partial charge in [-0.3, -0.25) is 9.59 Å². The fourth-order valence-electron chi connectivity index (χ4n) is 2.85. The molecule has 1 N–H and O–H groups in total. The normalized spacial score (nSPS) is 13.7. The van der Waals surface area contributed by atoms with Gasteiger partial charge in [0.1, 0.15) is 11.5 Å². The number of carbonyl (C=O) groups excluding carboxylic acids is 2. The molecule has 0 unspecified atom stereocenters. The van der Waals surface area contributed by atoms with E-state index in [-0.39, 0.29) is 11.8 Å². The van der Waals surface area contributed by atoms with Gasteiger partial charge in [0, 0.05) is 24.2 Å². The molecule has 0 saturated carbocycles. The van der Waals surface area contributed by atoms with Crippen LogP contribution in [0.1, 0.15) is 23.2 Å². The van der Waals surface area contributed by atoms with Gasteiger partial charge in [-0.05, 0) is 42.8 Å². The molecule has 25 heavy (non-hydrogen) atoms. The largest absolute Gasteiger partial charge is 0.497 e. The van der Waals surface area contributed by atoms with Gasteiger partial charge in [-0.2, -0.15) is 0 Å². The first-order valence-corrected chi connectivity index (χ1v) is 8.06. The van der Waals surface area contributed by atoms with Crippen molar-refractivity contribution in [2.45, 2.75) is 12.8 Å². The number of hydrogen-bond acceptors (Lipinski definition) is 4. The van der Waals surface area contributed by atoms with Gasteiger partial charge in [-0.25, -0.2) is 0 Å². The fourth-order valence-corrected chi connectivity index (χ4v) is 2.85. The number of amides is 2. The molecule has 3 rings (SSSR count). The van der Waals surface area contributed by atoms with Gasteiger partial charge in [0.2, 0.25) is 5.91 Å². The molecule has 1 aliphatic rings. The van der Waals surface area contributed by atoms with Crippen molar-refractivity contribution in [3.05, 3.63) is 48.0 Å². The van der Waals surface area contributed by atoms with Gasteiger partial charge in [0.05, 0.1) is 19.9 Å². The Morgan fingerprint density at radius 3 is 2.64 bits per heavy atom. The number of nitrogens with zero attached hydrogens (tertiary/aromatic N) is 1. The Labute approximate surface area is 146 Å². The Hall–Kier alpha value is -3.02. The van der Waals surface area contributed by atoms with Gasteiger partial charge in [-0.15, -0.1) is 0 Å². The highest BCUT2D eigenvalue weighted by Crippen LogP contribution is 2.34. The summed E-state index contributed by atoms with van der Waals surface area (Å²) in [4.78, 5) is 26.2. The summed E-state index contributed by atoms with van der Waals surface area (Å²) in [5.74, 6) is 1.04. The van der Waals surface area contributed by atoms with Crippen molar-refractivity contribution in [3.8, 4) is 11.5 Å². The second-order valence-corrected chi connectivity index (χ2v) is 5.72. The van der Waals surface area contributed by atoms with E-state index in [1.807, 2.05) is 0 Å². The van der Waals surface area contributed by atoms with Crippen molar-refractivity contribution in [1.29, 1.82) is 0 Å². The Morgan fingerprint density at radius 1 is 1.12 bits per heavy atom. The number of nitrogens with one attached hydrogen (secondary N) is 1. The molecular formula is C19H20N2O4. The van der Waals surface area contributed by atoms with Crippen LogP contribution in [0.5, 0.6) is 11.5 Å². The molecule has 0 aromatic heterocycles. The van der Waals surface area contributed by atoms with Gasteiger partial charge < -0.3 is 19.7 Å². The summed E-state index contributed by atoms with van der Waals surface area (Å²) >= 11 is 0. The zero-order valence-electron chi connectivity index (χ0n) is 14.2. The van der Waals surface area contributed by atoms with E-state index in [1.165, 1.54) is 0 Å². The minimum absolute atomic E-state index is 0.0644. The van der Waals surface area contributed by atoms with Crippen LogP contribution in [0.2, 0.25) is 0 Å². The van der Waals surface area contributed by atoms with Crippen molar-refractivity contribution in [2.75, 3.05) is 31.0 Å². The molecule has 6 heteroatoms. The third kappa shape index (κ3) is 3.57. The summed E-state index contributed by atoms with van der Waals surface area (Å²) in [5, 5.41) is 2.85. The maximum absolute atomic E-state index is 12.5. The van der Waals surface area contributed by atoms with E-state index in [4.69, 9.17) is 9.47 Å². The summed E-state index contributed by atoms with van der Waals surface area (Å²) < 4.78 is 10.5. The van der Waals surface area contributed by atoms with Crippen LogP contribution in [0, 0.1) is 0 Å². The predicted molar refractivity (Wildman–Crippen MR) is 95.5 cm³/mol. The summed E-state index contributed by atoms with van der Waals surface area (Å²) in [7, 11) is 3.12.